The maximum absolute atomic E-state index is 12.6. The van der Waals surface area contributed by atoms with Gasteiger partial charge < -0.3 is 14.8 Å². The monoisotopic (exact) mass is 421 g/mol. The van der Waals surface area contributed by atoms with Crippen LogP contribution in [0.4, 0.5) is 4.79 Å². The Bertz CT molecular complexity index is 714. The minimum atomic E-state index is -1.71. The lowest BCUT2D eigenvalue weighted by molar-refractivity contribution is -0.149. The molecule has 29 heavy (non-hydrogen) atoms. The Morgan fingerprint density at radius 3 is 2.14 bits per heavy atom. The molecule has 0 aliphatic carbocycles. The fourth-order valence-electron chi connectivity index (χ4n) is 2.71. The summed E-state index contributed by atoms with van der Waals surface area (Å²) in [6.45, 7) is 20.5. The average molecular weight is 422 g/mol. The van der Waals surface area contributed by atoms with Crippen molar-refractivity contribution in [2.24, 2.45) is 0 Å². The zero-order valence-electron chi connectivity index (χ0n) is 19.8. The fraction of sp³-hybridized carbons (Fsp3) is 0.652. The molecule has 6 heteroatoms. The lowest BCUT2D eigenvalue weighted by Crippen LogP contribution is -2.50. The number of carbonyl (C=O) groups is 2. The molecule has 0 fully saturated rings. The Morgan fingerprint density at radius 1 is 1.07 bits per heavy atom. The van der Waals surface area contributed by atoms with E-state index in [1.807, 2.05) is 12.1 Å². The third kappa shape index (κ3) is 7.84. The summed E-state index contributed by atoms with van der Waals surface area (Å²) in [5.74, 6) is -0.455. The summed E-state index contributed by atoms with van der Waals surface area (Å²) in [6, 6.07) is 7.56. The van der Waals surface area contributed by atoms with Crippen molar-refractivity contribution < 1.29 is 19.1 Å². The van der Waals surface area contributed by atoms with Crippen molar-refractivity contribution in [2.75, 3.05) is 0 Å². The van der Waals surface area contributed by atoms with Crippen molar-refractivity contribution in [1.29, 1.82) is 0 Å². The first-order valence-electron chi connectivity index (χ1n) is 10.3. The molecule has 0 saturated heterocycles. The lowest BCUT2D eigenvalue weighted by atomic mass is 10.1. The molecule has 0 bridgehead atoms. The number of carbonyl (C=O) groups excluding carboxylic acids is 2. The zero-order chi connectivity index (χ0) is 22.6. The topological polar surface area (TPSA) is 64.6 Å². The molecule has 0 spiro atoms. The molecule has 1 rings (SSSR count). The Hall–Kier alpha value is -1.82. The summed E-state index contributed by atoms with van der Waals surface area (Å²) in [7, 11) is -1.71. The molecule has 1 aromatic carbocycles. The number of hydrogen-bond acceptors (Lipinski definition) is 4. The number of esters is 1. The van der Waals surface area contributed by atoms with E-state index in [1.54, 1.807) is 34.6 Å². The third-order valence-electron chi connectivity index (χ3n) is 5.29. The second-order valence-electron chi connectivity index (χ2n) is 10.5. The zero-order valence-corrected chi connectivity index (χ0v) is 20.8. The van der Waals surface area contributed by atoms with Gasteiger partial charge in [-0.3, -0.25) is 0 Å². The van der Waals surface area contributed by atoms with E-state index < -0.39 is 31.8 Å². The first kappa shape index (κ1) is 25.2. The highest BCUT2D eigenvalue weighted by Gasteiger charge is 2.28. The highest BCUT2D eigenvalue weighted by molar-refractivity contribution is 6.92. The molecule has 165 valence electrons. The van der Waals surface area contributed by atoms with Crippen molar-refractivity contribution >= 4 is 25.3 Å². The predicted molar refractivity (Wildman–Crippen MR) is 121 cm³/mol. The van der Waals surface area contributed by atoms with Crippen LogP contribution in [0.2, 0.25) is 18.1 Å². The molecule has 1 N–H and O–H groups in total. The van der Waals surface area contributed by atoms with Gasteiger partial charge in [0.1, 0.15) is 11.6 Å². The Labute approximate surface area is 177 Å². The van der Waals surface area contributed by atoms with Crippen LogP contribution in [0.25, 0.3) is 0 Å². The summed E-state index contributed by atoms with van der Waals surface area (Å²) in [5.41, 5.74) is 0.354. The van der Waals surface area contributed by atoms with E-state index in [0.717, 1.165) is 5.56 Å². The van der Waals surface area contributed by atoms with E-state index in [-0.39, 0.29) is 11.1 Å². The molecule has 0 unspecified atom stereocenters. The fourth-order valence-corrected chi connectivity index (χ4v) is 4.64. The van der Waals surface area contributed by atoms with Gasteiger partial charge in [-0.2, -0.15) is 18.3 Å². The molecule has 1 atom stereocenters. The number of rotatable bonds is 6. The second kappa shape index (κ2) is 9.33. The standard InChI is InChI=1S/C23H39NO4Si/c1-16(2)27-20(25)19(24-21(26)28-22(3,4)5)15-17-12-11-13-18(14-17)29(9,10)23(6,7)8/h11-14,16,19H,15H2,1-10H3,(H,24,26)/q-1/t19-/m1/s1. The largest absolute Gasteiger partial charge is 0.461 e. The molecule has 1 amide bonds. The van der Waals surface area contributed by atoms with Crippen LogP contribution in [0.15, 0.2) is 24.3 Å². The number of alkyl carbamates (subject to hydrolysis) is 1. The van der Waals surface area contributed by atoms with E-state index >= 15 is 0 Å². The van der Waals surface area contributed by atoms with Crippen molar-refractivity contribution in [1.82, 2.24) is 5.32 Å². The molecule has 0 aliphatic heterocycles. The van der Waals surface area contributed by atoms with Gasteiger partial charge in [0.15, 0.2) is 0 Å². The minimum Gasteiger partial charge on any atom is -0.461 e. The number of amides is 1. The quantitative estimate of drug-likeness (QED) is 0.530. The van der Waals surface area contributed by atoms with Crippen LogP contribution in [0, 0.1) is 0 Å². The van der Waals surface area contributed by atoms with Crippen LogP contribution in [0.1, 0.15) is 61.0 Å². The van der Waals surface area contributed by atoms with E-state index in [1.165, 1.54) is 5.19 Å². The molecule has 0 aromatic heterocycles. The minimum absolute atomic E-state index is 0.205. The van der Waals surface area contributed by atoms with Gasteiger partial charge in [-0.25, -0.2) is 9.59 Å². The molecule has 1 aromatic rings. The maximum Gasteiger partial charge on any atom is 0.408 e. The van der Waals surface area contributed by atoms with Crippen molar-refractivity contribution in [3.63, 3.8) is 0 Å². The van der Waals surface area contributed by atoms with Crippen LogP contribution in [0.5, 0.6) is 0 Å². The second-order valence-corrected chi connectivity index (χ2v) is 15.8. The van der Waals surface area contributed by atoms with Gasteiger partial charge in [-0.15, -0.1) is 13.1 Å². The Kier molecular flexibility index (Phi) is 8.11. The first-order chi connectivity index (χ1) is 13.0. The highest BCUT2D eigenvalue weighted by atomic mass is 28.3. The van der Waals surface area contributed by atoms with Crippen LogP contribution in [-0.4, -0.2) is 37.9 Å². The van der Waals surface area contributed by atoms with E-state index in [9.17, 15) is 9.59 Å². The Balaban J connectivity index is 3.11. The smallest absolute Gasteiger partial charge is 0.408 e. The van der Waals surface area contributed by atoms with Gasteiger partial charge in [-0.05, 0) is 40.2 Å². The van der Waals surface area contributed by atoms with Gasteiger partial charge in [0.2, 0.25) is 0 Å². The molecule has 5 nitrogen and oxygen atoms in total. The van der Waals surface area contributed by atoms with Gasteiger partial charge in [-0.1, -0.05) is 45.0 Å². The van der Waals surface area contributed by atoms with Gasteiger partial charge >= 0.3 is 12.1 Å². The van der Waals surface area contributed by atoms with Crippen molar-refractivity contribution in [3.05, 3.63) is 29.8 Å². The van der Waals surface area contributed by atoms with E-state index in [0.29, 0.717) is 6.42 Å². The maximum atomic E-state index is 12.6. The first-order valence-corrected chi connectivity index (χ1v) is 13.3. The number of benzene rings is 1. The van der Waals surface area contributed by atoms with Crippen LogP contribution in [0.3, 0.4) is 0 Å². The summed E-state index contributed by atoms with van der Waals surface area (Å²) >= 11 is 0. The van der Waals surface area contributed by atoms with Gasteiger partial charge in [0, 0.05) is 6.42 Å². The van der Waals surface area contributed by atoms with Crippen LogP contribution >= 0.6 is 0 Å². The summed E-state index contributed by atoms with van der Waals surface area (Å²) in [4.78, 5) is 24.9. The summed E-state index contributed by atoms with van der Waals surface area (Å²) in [5, 5.41) is 4.23. The highest BCUT2D eigenvalue weighted by Crippen LogP contribution is 2.35. The normalized spacial score (nSPS) is 13.8. The third-order valence-corrected chi connectivity index (χ3v) is 10.8. The lowest BCUT2D eigenvalue weighted by Gasteiger charge is -2.49. The number of ether oxygens (including phenoxy) is 2. The van der Waals surface area contributed by atoms with Crippen molar-refractivity contribution in [3.8, 4) is 0 Å². The predicted octanol–water partition coefficient (Wildman–Crippen LogP) is 4.79. The van der Waals surface area contributed by atoms with Gasteiger partial charge in [0.25, 0.3) is 0 Å². The molecule has 0 saturated carbocycles. The van der Waals surface area contributed by atoms with Crippen LogP contribution < -0.4 is 10.5 Å². The Morgan fingerprint density at radius 2 is 1.66 bits per heavy atom. The van der Waals surface area contributed by atoms with Crippen LogP contribution in [-0.2, 0) is 20.7 Å². The average Bonchev–Trinajstić information content (AvgIpc) is 2.51. The number of hydrogen-bond donors (Lipinski definition) is 1. The SMILES string of the molecule is CC(C)OC(=O)[C@@H](Cc1cccc([Si-](C)(C)C(C)(C)C)c1)NC(=O)OC(C)(C)C. The van der Waals surface area contributed by atoms with E-state index in [4.69, 9.17) is 9.47 Å². The van der Waals surface area contributed by atoms with Gasteiger partial charge in [0.05, 0.1) is 6.10 Å². The summed E-state index contributed by atoms with van der Waals surface area (Å²) < 4.78 is 10.7. The van der Waals surface area contributed by atoms with Crippen molar-refractivity contribution in [2.45, 2.75) is 97.7 Å². The van der Waals surface area contributed by atoms with E-state index in [2.05, 4.69) is 51.3 Å². The molecule has 0 aliphatic rings. The molecular formula is C23H39NO4Si-. The number of nitrogens with one attached hydrogen (secondary N) is 1. The molecular weight excluding hydrogens is 382 g/mol. The molecule has 0 heterocycles. The summed E-state index contributed by atoms with van der Waals surface area (Å²) in [6.07, 6.45) is -0.527. The molecule has 0 radical (unpaired) electrons.